The first-order valence-electron chi connectivity index (χ1n) is 7.55. The Morgan fingerprint density at radius 2 is 2.00 bits per heavy atom. The molecule has 5 nitrogen and oxygen atoms in total. The third-order valence-corrected chi connectivity index (χ3v) is 3.58. The molecule has 0 spiro atoms. The van der Waals surface area contributed by atoms with Crippen LogP contribution in [0, 0.1) is 5.92 Å². The first-order valence-corrected chi connectivity index (χ1v) is 7.55. The van der Waals surface area contributed by atoms with Crippen LogP contribution in [0.5, 0.6) is 0 Å². The van der Waals surface area contributed by atoms with E-state index < -0.39 is 0 Å². The molecule has 1 aliphatic carbocycles. The second-order valence-electron chi connectivity index (χ2n) is 5.68. The van der Waals surface area contributed by atoms with Gasteiger partial charge >= 0.3 is 0 Å². The summed E-state index contributed by atoms with van der Waals surface area (Å²) in [6, 6.07) is 2.23. The summed E-state index contributed by atoms with van der Waals surface area (Å²) in [6.45, 7) is 7.85. The molecule has 0 amide bonds. The Bertz CT molecular complexity index is 432. The molecule has 1 atom stereocenters. The van der Waals surface area contributed by atoms with E-state index in [0.29, 0.717) is 18.4 Å². The van der Waals surface area contributed by atoms with Gasteiger partial charge in [-0.2, -0.15) is 0 Å². The van der Waals surface area contributed by atoms with E-state index in [9.17, 15) is 0 Å². The Hall–Kier alpha value is -1.36. The highest BCUT2D eigenvalue weighted by Crippen LogP contribution is 2.38. The largest absolute Gasteiger partial charge is 0.380 e. The summed E-state index contributed by atoms with van der Waals surface area (Å²) < 4.78 is 5.55. The lowest BCUT2D eigenvalue weighted by Gasteiger charge is -2.23. The molecule has 0 bridgehead atoms. The van der Waals surface area contributed by atoms with E-state index in [1.54, 1.807) is 0 Å². The first-order chi connectivity index (χ1) is 9.63. The highest BCUT2D eigenvalue weighted by molar-refractivity contribution is 5.48. The quantitative estimate of drug-likeness (QED) is 0.765. The van der Waals surface area contributed by atoms with Gasteiger partial charge in [0.2, 0.25) is 0 Å². The van der Waals surface area contributed by atoms with Gasteiger partial charge in [-0.05, 0) is 25.7 Å². The maximum Gasteiger partial charge on any atom is 0.136 e. The predicted molar refractivity (Wildman–Crippen MR) is 82.3 cm³/mol. The van der Waals surface area contributed by atoms with E-state index in [2.05, 4.69) is 34.4 Å². The number of nitrogens with zero attached hydrogens (tertiary/aromatic N) is 2. The zero-order valence-electron chi connectivity index (χ0n) is 12.9. The highest BCUT2D eigenvalue weighted by atomic mass is 16.5. The van der Waals surface area contributed by atoms with Gasteiger partial charge in [0.1, 0.15) is 17.5 Å². The van der Waals surface area contributed by atoms with Gasteiger partial charge < -0.3 is 15.4 Å². The summed E-state index contributed by atoms with van der Waals surface area (Å²) in [7, 11) is 1.89. The van der Waals surface area contributed by atoms with Gasteiger partial charge in [0.15, 0.2) is 0 Å². The molecule has 1 aromatic heterocycles. The Kier molecular flexibility index (Phi) is 5.17. The number of aromatic nitrogens is 2. The number of anilines is 2. The highest BCUT2D eigenvalue weighted by Gasteiger charge is 2.27. The van der Waals surface area contributed by atoms with E-state index >= 15 is 0 Å². The maximum absolute atomic E-state index is 5.55. The molecule has 0 aliphatic heterocycles. The van der Waals surface area contributed by atoms with Crippen LogP contribution in [-0.2, 0) is 4.74 Å². The van der Waals surface area contributed by atoms with E-state index in [-0.39, 0.29) is 6.04 Å². The third kappa shape index (κ3) is 4.07. The van der Waals surface area contributed by atoms with Crippen LogP contribution in [0.4, 0.5) is 11.6 Å². The van der Waals surface area contributed by atoms with E-state index in [4.69, 9.17) is 4.74 Å². The van der Waals surface area contributed by atoms with Crippen LogP contribution in [0.2, 0.25) is 0 Å². The van der Waals surface area contributed by atoms with E-state index in [1.807, 2.05) is 20.0 Å². The van der Waals surface area contributed by atoms with Crippen LogP contribution in [0.25, 0.3) is 0 Å². The molecule has 1 heterocycles. The van der Waals surface area contributed by atoms with Crippen molar-refractivity contribution in [3.8, 4) is 0 Å². The molecule has 1 aromatic rings. The molecule has 20 heavy (non-hydrogen) atoms. The van der Waals surface area contributed by atoms with E-state index in [0.717, 1.165) is 24.1 Å². The molecule has 2 N–H and O–H groups in total. The molecule has 1 saturated carbocycles. The van der Waals surface area contributed by atoms with Gasteiger partial charge in [-0.15, -0.1) is 0 Å². The van der Waals surface area contributed by atoms with Crippen molar-refractivity contribution in [3.63, 3.8) is 0 Å². The first kappa shape index (κ1) is 15.0. The zero-order valence-corrected chi connectivity index (χ0v) is 12.9. The number of nitrogens with one attached hydrogen (secondary N) is 2. The fraction of sp³-hybridized carbons (Fsp3) is 0.733. The maximum atomic E-state index is 5.55. The van der Waals surface area contributed by atoms with Crippen LogP contribution in [0.15, 0.2) is 6.07 Å². The van der Waals surface area contributed by atoms with Crippen molar-refractivity contribution in [1.29, 1.82) is 0 Å². The van der Waals surface area contributed by atoms with Crippen LogP contribution in [0.1, 0.15) is 45.4 Å². The smallest absolute Gasteiger partial charge is 0.136 e. The normalized spacial score (nSPS) is 16.2. The van der Waals surface area contributed by atoms with Crippen LogP contribution in [-0.4, -0.2) is 36.3 Å². The van der Waals surface area contributed by atoms with Crippen molar-refractivity contribution in [2.45, 2.75) is 45.6 Å². The van der Waals surface area contributed by atoms with Gasteiger partial charge in [-0.1, -0.05) is 13.8 Å². The van der Waals surface area contributed by atoms with Gasteiger partial charge in [-0.25, -0.2) is 9.97 Å². The molecule has 0 saturated heterocycles. The molecule has 1 aliphatic rings. The molecule has 0 radical (unpaired) electrons. The van der Waals surface area contributed by atoms with Crippen LogP contribution >= 0.6 is 0 Å². The minimum Gasteiger partial charge on any atom is -0.380 e. The van der Waals surface area contributed by atoms with Crippen LogP contribution in [0.3, 0.4) is 0 Å². The van der Waals surface area contributed by atoms with Gasteiger partial charge in [-0.3, -0.25) is 0 Å². The summed E-state index contributed by atoms with van der Waals surface area (Å²) in [5.41, 5.74) is 0. The molecular weight excluding hydrogens is 252 g/mol. The second kappa shape index (κ2) is 6.88. The Morgan fingerprint density at radius 1 is 1.30 bits per heavy atom. The molecule has 1 unspecified atom stereocenters. The molecule has 5 heteroatoms. The minimum absolute atomic E-state index is 0.265. The minimum atomic E-state index is 0.265. The van der Waals surface area contributed by atoms with E-state index in [1.165, 1.54) is 12.8 Å². The molecule has 112 valence electrons. The van der Waals surface area contributed by atoms with Crippen molar-refractivity contribution in [1.82, 2.24) is 9.97 Å². The molecular formula is C15H26N4O. The van der Waals surface area contributed by atoms with Gasteiger partial charge in [0.25, 0.3) is 0 Å². The lowest BCUT2D eigenvalue weighted by atomic mass is 10.1. The predicted octanol–water partition coefficient (Wildman–Crippen LogP) is 2.87. The van der Waals surface area contributed by atoms with Crippen molar-refractivity contribution in [2.24, 2.45) is 5.92 Å². The summed E-state index contributed by atoms with van der Waals surface area (Å²) in [5, 5.41) is 6.61. The zero-order chi connectivity index (χ0) is 14.5. The summed E-state index contributed by atoms with van der Waals surface area (Å²) in [4.78, 5) is 9.19. The lowest BCUT2D eigenvalue weighted by Crippen LogP contribution is -2.31. The summed E-state index contributed by atoms with van der Waals surface area (Å²) in [6.07, 6.45) is 2.42. The monoisotopic (exact) mass is 278 g/mol. The second-order valence-corrected chi connectivity index (χ2v) is 5.68. The average Bonchev–Trinajstić information content (AvgIpc) is 3.27. The fourth-order valence-corrected chi connectivity index (χ4v) is 2.03. The lowest BCUT2D eigenvalue weighted by molar-refractivity contribution is 0.126. The number of hydrogen-bond acceptors (Lipinski definition) is 5. The van der Waals surface area contributed by atoms with Gasteiger partial charge in [0, 0.05) is 25.6 Å². The topological polar surface area (TPSA) is 59.1 Å². The van der Waals surface area contributed by atoms with Crippen molar-refractivity contribution >= 4 is 11.6 Å². The molecule has 0 aromatic carbocycles. The number of rotatable bonds is 8. The van der Waals surface area contributed by atoms with Gasteiger partial charge in [0.05, 0.1) is 12.6 Å². The van der Waals surface area contributed by atoms with Crippen molar-refractivity contribution in [3.05, 3.63) is 11.9 Å². The number of ether oxygens (including phenoxy) is 1. The fourth-order valence-electron chi connectivity index (χ4n) is 2.03. The molecule has 2 rings (SSSR count). The Morgan fingerprint density at radius 3 is 2.55 bits per heavy atom. The average molecular weight is 278 g/mol. The molecule has 1 fully saturated rings. The standard InChI is InChI=1S/C15H26N4O/c1-5-20-9-12(10(2)3)17-14-8-13(16-4)18-15(19-14)11-6-7-11/h8,10-12H,5-7,9H2,1-4H3,(H2,16,17,18,19). The van der Waals surface area contributed by atoms with Crippen molar-refractivity contribution < 1.29 is 4.74 Å². The number of hydrogen-bond donors (Lipinski definition) is 2. The Balaban J connectivity index is 2.11. The summed E-state index contributed by atoms with van der Waals surface area (Å²) in [5.74, 6) is 3.76. The van der Waals surface area contributed by atoms with Crippen molar-refractivity contribution in [2.75, 3.05) is 30.9 Å². The third-order valence-electron chi connectivity index (χ3n) is 3.58. The van der Waals surface area contributed by atoms with Crippen LogP contribution < -0.4 is 10.6 Å². The SMILES string of the molecule is CCOCC(Nc1cc(NC)nc(C2CC2)n1)C(C)C. The Labute approximate surface area is 121 Å². The summed E-state index contributed by atoms with van der Waals surface area (Å²) >= 11 is 0.